The summed E-state index contributed by atoms with van der Waals surface area (Å²) in [6.45, 7) is -0.528. The summed E-state index contributed by atoms with van der Waals surface area (Å²) in [6, 6.07) is 9.20. The zero-order chi connectivity index (χ0) is 12.3. The molecule has 0 aliphatic heterocycles. The number of para-hydroxylation sites is 1. The minimum absolute atomic E-state index is 0.218. The monoisotopic (exact) mass is 235 g/mol. The SMILES string of the molecule is OC[C@@H](O)[C@H](O)c1cnn(-c2ccccc2)n1. The number of hydrogen-bond acceptors (Lipinski definition) is 5. The lowest BCUT2D eigenvalue weighted by Gasteiger charge is -2.11. The molecule has 1 aromatic heterocycles. The Morgan fingerprint density at radius 1 is 1.18 bits per heavy atom. The molecule has 0 radical (unpaired) electrons. The lowest BCUT2D eigenvalue weighted by atomic mass is 10.2. The van der Waals surface area contributed by atoms with Crippen LogP contribution in [0.4, 0.5) is 0 Å². The molecule has 3 N–H and O–H groups in total. The molecule has 1 aromatic carbocycles. The molecule has 0 bridgehead atoms. The number of benzene rings is 1. The minimum Gasteiger partial charge on any atom is -0.394 e. The first-order valence-corrected chi connectivity index (χ1v) is 5.17. The van der Waals surface area contributed by atoms with Crippen LogP contribution in [0.1, 0.15) is 11.8 Å². The minimum atomic E-state index is -1.25. The maximum Gasteiger partial charge on any atom is 0.127 e. The Morgan fingerprint density at radius 3 is 2.53 bits per heavy atom. The van der Waals surface area contributed by atoms with Crippen LogP contribution >= 0.6 is 0 Å². The van der Waals surface area contributed by atoms with Gasteiger partial charge in [0.15, 0.2) is 0 Å². The van der Waals surface area contributed by atoms with Crippen molar-refractivity contribution in [3.8, 4) is 5.69 Å². The van der Waals surface area contributed by atoms with Crippen LogP contribution in [0, 0.1) is 0 Å². The Balaban J connectivity index is 2.22. The van der Waals surface area contributed by atoms with Crippen molar-refractivity contribution in [2.75, 3.05) is 6.61 Å². The summed E-state index contributed by atoms with van der Waals surface area (Å²) in [5, 5.41) is 35.6. The molecule has 90 valence electrons. The van der Waals surface area contributed by atoms with Crippen molar-refractivity contribution in [3.63, 3.8) is 0 Å². The summed E-state index contributed by atoms with van der Waals surface area (Å²) in [7, 11) is 0. The van der Waals surface area contributed by atoms with Gasteiger partial charge in [-0.05, 0) is 12.1 Å². The lowest BCUT2D eigenvalue weighted by molar-refractivity contribution is -0.0174. The van der Waals surface area contributed by atoms with E-state index in [0.29, 0.717) is 0 Å². The Labute approximate surface area is 97.8 Å². The number of aromatic nitrogens is 3. The molecule has 0 aliphatic rings. The van der Waals surface area contributed by atoms with E-state index in [2.05, 4.69) is 10.2 Å². The maximum absolute atomic E-state index is 9.62. The van der Waals surface area contributed by atoms with Crippen LogP contribution in [0.3, 0.4) is 0 Å². The molecule has 0 unspecified atom stereocenters. The van der Waals surface area contributed by atoms with Crippen molar-refractivity contribution >= 4 is 0 Å². The molecule has 0 fully saturated rings. The van der Waals surface area contributed by atoms with Gasteiger partial charge in [-0.2, -0.15) is 15.0 Å². The quantitative estimate of drug-likeness (QED) is 0.674. The molecule has 2 atom stereocenters. The van der Waals surface area contributed by atoms with Gasteiger partial charge in [0.1, 0.15) is 17.9 Å². The van der Waals surface area contributed by atoms with Gasteiger partial charge in [-0.3, -0.25) is 0 Å². The summed E-state index contributed by atoms with van der Waals surface area (Å²) in [5.74, 6) is 0. The highest BCUT2D eigenvalue weighted by molar-refractivity contribution is 5.28. The molecule has 0 amide bonds. The van der Waals surface area contributed by atoms with E-state index in [-0.39, 0.29) is 5.69 Å². The third-order valence-electron chi connectivity index (χ3n) is 2.35. The van der Waals surface area contributed by atoms with Gasteiger partial charge >= 0.3 is 0 Å². The van der Waals surface area contributed by atoms with Crippen LogP contribution in [-0.4, -0.2) is 43.0 Å². The van der Waals surface area contributed by atoms with Crippen LogP contribution in [0.5, 0.6) is 0 Å². The van der Waals surface area contributed by atoms with Crippen LogP contribution in [0.15, 0.2) is 36.5 Å². The van der Waals surface area contributed by atoms with Crippen molar-refractivity contribution in [2.24, 2.45) is 0 Å². The van der Waals surface area contributed by atoms with Gasteiger partial charge in [-0.15, -0.1) is 0 Å². The first kappa shape index (κ1) is 11.7. The van der Waals surface area contributed by atoms with E-state index in [0.717, 1.165) is 5.69 Å². The van der Waals surface area contributed by atoms with E-state index in [4.69, 9.17) is 5.11 Å². The van der Waals surface area contributed by atoms with Crippen molar-refractivity contribution in [1.82, 2.24) is 15.0 Å². The van der Waals surface area contributed by atoms with E-state index in [9.17, 15) is 10.2 Å². The van der Waals surface area contributed by atoms with E-state index in [1.807, 2.05) is 30.3 Å². The molecule has 0 saturated heterocycles. The van der Waals surface area contributed by atoms with Crippen molar-refractivity contribution in [3.05, 3.63) is 42.2 Å². The predicted octanol–water partition coefficient (Wildman–Crippen LogP) is -0.346. The summed E-state index contributed by atoms with van der Waals surface area (Å²) in [6.07, 6.45) is -1.13. The highest BCUT2D eigenvalue weighted by atomic mass is 16.4. The fourth-order valence-electron chi connectivity index (χ4n) is 1.39. The zero-order valence-electron chi connectivity index (χ0n) is 9.01. The molecule has 6 heteroatoms. The van der Waals surface area contributed by atoms with Gasteiger partial charge in [0.05, 0.1) is 18.5 Å². The Hall–Kier alpha value is -1.76. The van der Waals surface area contributed by atoms with Gasteiger partial charge < -0.3 is 15.3 Å². The normalized spacial score (nSPS) is 14.5. The summed E-state index contributed by atoms with van der Waals surface area (Å²) in [4.78, 5) is 1.35. The van der Waals surface area contributed by atoms with E-state index in [1.165, 1.54) is 11.0 Å². The number of rotatable bonds is 4. The molecule has 1 heterocycles. The number of hydrogen-bond donors (Lipinski definition) is 3. The van der Waals surface area contributed by atoms with E-state index in [1.54, 1.807) is 0 Å². The molecule has 6 nitrogen and oxygen atoms in total. The Morgan fingerprint density at radius 2 is 1.88 bits per heavy atom. The predicted molar refractivity (Wildman–Crippen MR) is 59.4 cm³/mol. The summed E-state index contributed by atoms with van der Waals surface area (Å²) in [5.41, 5.74) is 0.972. The standard InChI is InChI=1S/C11H13N3O3/c15-7-10(16)11(17)9-6-12-14(13-9)8-4-2-1-3-5-8/h1-6,10-11,15-17H,7H2/t10-,11-/m1/s1. The third-order valence-corrected chi connectivity index (χ3v) is 2.35. The first-order chi connectivity index (χ1) is 8.22. The van der Waals surface area contributed by atoms with Crippen molar-refractivity contribution in [2.45, 2.75) is 12.2 Å². The van der Waals surface area contributed by atoms with E-state index < -0.39 is 18.8 Å². The maximum atomic E-state index is 9.62. The zero-order valence-corrected chi connectivity index (χ0v) is 9.01. The number of aliphatic hydroxyl groups excluding tert-OH is 3. The Bertz CT molecular complexity index is 472. The lowest BCUT2D eigenvalue weighted by Crippen LogP contribution is -2.22. The average Bonchev–Trinajstić information content (AvgIpc) is 2.87. The first-order valence-electron chi connectivity index (χ1n) is 5.17. The highest BCUT2D eigenvalue weighted by Gasteiger charge is 2.20. The average molecular weight is 235 g/mol. The summed E-state index contributed by atoms with van der Waals surface area (Å²) >= 11 is 0. The smallest absolute Gasteiger partial charge is 0.127 e. The largest absolute Gasteiger partial charge is 0.394 e. The highest BCUT2D eigenvalue weighted by Crippen LogP contribution is 2.14. The molecule has 2 aromatic rings. The van der Waals surface area contributed by atoms with Crippen LogP contribution in [-0.2, 0) is 0 Å². The number of aliphatic hydroxyl groups is 3. The van der Waals surface area contributed by atoms with Gasteiger partial charge in [0, 0.05) is 0 Å². The van der Waals surface area contributed by atoms with Crippen LogP contribution in [0.2, 0.25) is 0 Å². The van der Waals surface area contributed by atoms with Crippen LogP contribution < -0.4 is 0 Å². The molecule has 0 saturated carbocycles. The van der Waals surface area contributed by atoms with Crippen molar-refractivity contribution < 1.29 is 15.3 Å². The molecular weight excluding hydrogens is 222 g/mol. The molecule has 2 rings (SSSR count). The van der Waals surface area contributed by atoms with Gasteiger partial charge in [0.2, 0.25) is 0 Å². The third kappa shape index (κ3) is 2.50. The second kappa shape index (κ2) is 5.05. The second-order valence-electron chi connectivity index (χ2n) is 3.59. The molecule has 0 spiro atoms. The van der Waals surface area contributed by atoms with Crippen LogP contribution in [0.25, 0.3) is 5.69 Å². The van der Waals surface area contributed by atoms with E-state index >= 15 is 0 Å². The molecule has 17 heavy (non-hydrogen) atoms. The number of nitrogens with zero attached hydrogens (tertiary/aromatic N) is 3. The van der Waals surface area contributed by atoms with Gasteiger partial charge in [-0.1, -0.05) is 18.2 Å². The Kier molecular flexibility index (Phi) is 3.48. The van der Waals surface area contributed by atoms with Crippen molar-refractivity contribution in [1.29, 1.82) is 0 Å². The van der Waals surface area contributed by atoms with Gasteiger partial charge in [0.25, 0.3) is 0 Å². The fraction of sp³-hybridized carbons (Fsp3) is 0.273. The molecular formula is C11H13N3O3. The fourth-order valence-corrected chi connectivity index (χ4v) is 1.39. The topological polar surface area (TPSA) is 91.4 Å². The van der Waals surface area contributed by atoms with Gasteiger partial charge in [-0.25, -0.2) is 0 Å². The summed E-state index contributed by atoms with van der Waals surface area (Å²) < 4.78 is 0. The second-order valence-corrected chi connectivity index (χ2v) is 3.59. The molecule has 0 aliphatic carbocycles.